The molecule has 14 heavy (non-hydrogen) atoms. The van der Waals surface area contributed by atoms with Crippen molar-refractivity contribution in [3.05, 3.63) is 29.9 Å². The van der Waals surface area contributed by atoms with E-state index >= 15 is 0 Å². The lowest BCUT2D eigenvalue weighted by Gasteiger charge is -1.99. The van der Waals surface area contributed by atoms with Crippen LogP contribution in [-0.4, -0.2) is 18.1 Å². The molecule has 72 valence electrons. The van der Waals surface area contributed by atoms with Crippen molar-refractivity contribution < 1.29 is 18.3 Å². The molecule has 0 aliphatic heterocycles. The molecule has 0 N–H and O–H groups in total. The summed E-state index contributed by atoms with van der Waals surface area (Å²) in [5.74, 6) is -1.41. The number of hydrogen-bond acceptors (Lipinski definition) is 4. The Hall–Kier alpha value is -1.91. The van der Waals surface area contributed by atoms with Gasteiger partial charge in [0, 0.05) is 6.07 Å². The van der Waals surface area contributed by atoms with Crippen LogP contribution in [0, 0.1) is 5.82 Å². The van der Waals surface area contributed by atoms with E-state index in [1.54, 1.807) is 0 Å². The van der Waals surface area contributed by atoms with Gasteiger partial charge in [0.25, 0.3) is 0 Å². The number of oxazole rings is 1. The third kappa shape index (κ3) is 1.22. The Morgan fingerprint density at radius 2 is 2.36 bits per heavy atom. The second-order valence-electron chi connectivity index (χ2n) is 2.64. The summed E-state index contributed by atoms with van der Waals surface area (Å²) in [6, 6.07) is 2.40. The van der Waals surface area contributed by atoms with Crippen molar-refractivity contribution in [2.24, 2.45) is 0 Å². The number of benzene rings is 1. The van der Waals surface area contributed by atoms with Crippen molar-refractivity contribution >= 4 is 17.1 Å². The summed E-state index contributed by atoms with van der Waals surface area (Å²) in [5.41, 5.74) is 0.579. The monoisotopic (exact) mass is 195 g/mol. The minimum atomic E-state index is -0.729. The zero-order chi connectivity index (χ0) is 10.1. The molecule has 1 aromatic heterocycles. The number of rotatable bonds is 1. The van der Waals surface area contributed by atoms with Crippen LogP contribution < -0.4 is 0 Å². The molecular formula is C9H6FNO3. The zero-order valence-electron chi connectivity index (χ0n) is 7.28. The zero-order valence-corrected chi connectivity index (χ0v) is 7.28. The largest absolute Gasteiger partial charge is 0.465 e. The van der Waals surface area contributed by atoms with Crippen molar-refractivity contribution in [1.82, 2.24) is 4.98 Å². The van der Waals surface area contributed by atoms with Crippen LogP contribution in [0.3, 0.4) is 0 Å². The molecule has 0 bridgehead atoms. The van der Waals surface area contributed by atoms with Gasteiger partial charge in [0.1, 0.15) is 11.3 Å². The molecule has 0 aliphatic carbocycles. The molecule has 0 saturated heterocycles. The Morgan fingerprint density at radius 1 is 1.57 bits per heavy atom. The third-order valence-electron chi connectivity index (χ3n) is 1.83. The molecule has 0 spiro atoms. The first kappa shape index (κ1) is 8.68. The topological polar surface area (TPSA) is 52.3 Å². The number of ether oxygens (including phenoxy) is 1. The Morgan fingerprint density at radius 3 is 3.07 bits per heavy atom. The minimum absolute atomic E-state index is 0.145. The first-order chi connectivity index (χ1) is 6.72. The fraction of sp³-hybridized carbons (Fsp3) is 0.111. The molecule has 2 aromatic rings. The smallest absolute Gasteiger partial charge is 0.340 e. The van der Waals surface area contributed by atoms with Gasteiger partial charge in [-0.2, -0.15) is 0 Å². The van der Waals surface area contributed by atoms with E-state index in [0.717, 1.165) is 6.07 Å². The summed E-state index contributed by atoms with van der Waals surface area (Å²) in [7, 11) is 1.19. The molecule has 0 fully saturated rings. The van der Waals surface area contributed by atoms with Crippen molar-refractivity contribution in [3.8, 4) is 0 Å². The average molecular weight is 195 g/mol. The second-order valence-corrected chi connectivity index (χ2v) is 2.64. The maximum absolute atomic E-state index is 13.2. The van der Waals surface area contributed by atoms with Crippen molar-refractivity contribution in [1.29, 1.82) is 0 Å². The first-order valence-electron chi connectivity index (χ1n) is 3.83. The molecular weight excluding hydrogens is 189 g/mol. The summed E-state index contributed by atoms with van der Waals surface area (Å²) < 4.78 is 22.5. The number of fused-ring (bicyclic) bond motifs is 1. The lowest BCUT2D eigenvalue weighted by atomic mass is 10.2. The maximum Gasteiger partial charge on any atom is 0.340 e. The van der Waals surface area contributed by atoms with Crippen LogP contribution in [0.2, 0.25) is 0 Å². The number of carbonyl (C=O) groups is 1. The second kappa shape index (κ2) is 3.10. The third-order valence-corrected chi connectivity index (χ3v) is 1.83. The Bertz CT molecular complexity index is 492. The Labute approximate surface area is 78.3 Å². The van der Waals surface area contributed by atoms with Crippen molar-refractivity contribution in [2.75, 3.05) is 7.11 Å². The van der Waals surface area contributed by atoms with E-state index in [4.69, 9.17) is 4.42 Å². The maximum atomic E-state index is 13.2. The summed E-state index contributed by atoms with van der Waals surface area (Å²) in [6.45, 7) is 0. The predicted molar refractivity (Wildman–Crippen MR) is 45.3 cm³/mol. The van der Waals surface area contributed by atoms with Gasteiger partial charge in [-0.3, -0.25) is 0 Å². The highest BCUT2D eigenvalue weighted by molar-refractivity contribution is 5.93. The summed E-state index contributed by atoms with van der Waals surface area (Å²) in [6.07, 6.45) is 1.19. The van der Waals surface area contributed by atoms with Gasteiger partial charge in [0.2, 0.25) is 0 Å². The molecule has 0 unspecified atom stereocenters. The number of aromatic nitrogens is 1. The van der Waals surface area contributed by atoms with Crippen LogP contribution >= 0.6 is 0 Å². The lowest BCUT2D eigenvalue weighted by molar-refractivity contribution is 0.0595. The molecule has 2 rings (SSSR count). The minimum Gasteiger partial charge on any atom is -0.465 e. The SMILES string of the molecule is COC(=O)c1cc2ncoc2cc1F. The highest BCUT2D eigenvalue weighted by atomic mass is 19.1. The van der Waals surface area contributed by atoms with E-state index in [-0.39, 0.29) is 5.56 Å². The fourth-order valence-corrected chi connectivity index (χ4v) is 1.15. The van der Waals surface area contributed by atoms with Gasteiger partial charge in [-0.05, 0) is 6.07 Å². The molecule has 1 aromatic carbocycles. The summed E-state index contributed by atoms with van der Waals surface area (Å²) in [4.78, 5) is 14.9. The van der Waals surface area contributed by atoms with Crippen molar-refractivity contribution in [3.63, 3.8) is 0 Å². The molecule has 1 heterocycles. The van der Waals surface area contributed by atoms with Gasteiger partial charge in [-0.15, -0.1) is 0 Å². The van der Waals surface area contributed by atoms with Crippen molar-refractivity contribution in [2.45, 2.75) is 0 Å². The van der Waals surface area contributed by atoms with Gasteiger partial charge in [-0.1, -0.05) is 0 Å². The van der Waals surface area contributed by atoms with Crippen LogP contribution in [0.25, 0.3) is 11.1 Å². The standard InChI is InChI=1S/C9H6FNO3/c1-13-9(12)5-2-7-8(3-6(5)10)14-4-11-7/h2-4H,1H3. The normalized spacial score (nSPS) is 10.4. The van der Waals surface area contributed by atoms with E-state index in [2.05, 4.69) is 9.72 Å². The molecule has 0 aliphatic rings. The predicted octanol–water partition coefficient (Wildman–Crippen LogP) is 1.75. The van der Waals surface area contributed by atoms with Gasteiger partial charge in [0.05, 0.1) is 12.7 Å². The lowest BCUT2D eigenvalue weighted by Crippen LogP contribution is -2.04. The Kier molecular flexibility index (Phi) is 1.92. The van der Waals surface area contributed by atoms with E-state index in [0.29, 0.717) is 11.1 Å². The van der Waals surface area contributed by atoms with Crippen LogP contribution in [0.1, 0.15) is 10.4 Å². The highest BCUT2D eigenvalue weighted by Gasteiger charge is 2.14. The number of halogens is 1. The number of nitrogens with zero attached hydrogens (tertiary/aromatic N) is 1. The van der Waals surface area contributed by atoms with E-state index in [1.165, 1.54) is 19.6 Å². The highest BCUT2D eigenvalue weighted by Crippen LogP contribution is 2.18. The van der Waals surface area contributed by atoms with E-state index in [1.807, 2.05) is 0 Å². The number of methoxy groups -OCH3 is 1. The number of hydrogen-bond donors (Lipinski definition) is 0. The van der Waals surface area contributed by atoms with E-state index < -0.39 is 11.8 Å². The van der Waals surface area contributed by atoms with Gasteiger partial charge >= 0.3 is 5.97 Å². The van der Waals surface area contributed by atoms with Gasteiger partial charge in [-0.25, -0.2) is 14.2 Å². The summed E-state index contributed by atoms with van der Waals surface area (Å²) >= 11 is 0. The molecule has 0 amide bonds. The first-order valence-corrected chi connectivity index (χ1v) is 3.83. The Balaban J connectivity index is 2.64. The molecule has 0 saturated carbocycles. The summed E-state index contributed by atoms with van der Waals surface area (Å²) in [5, 5.41) is 0. The average Bonchev–Trinajstić information content (AvgIpc) is 2.62. The molecule has 0 atom stereocenters. The quantitative estimate of drug-likeness (QED) is 0.650. The molecule has 4 nitrogen and oxygen atoms in total. The van der Waals surface area contributed by atoms with Crippen LogP contribution in [0.4, 0.5) is 4.39 Å². The van der Waals surface area contributed by atoms with Crippen LogP contribution in [-0.2, 0) is 4.74 Å². The van der Waals surface area contributed by atoms with Gasteiger partial charge in [0.15, 0.2) is 12.0 Å². The molecule has 0 radical (unpaired) electrons. The number of carbonyl (C=O) groups excluding carboxylic acids is 1. The van der Waals surface area contributed by atoms with E-state index in [9.17, 15) is 9.18 Å². The van der Waals surface area contributed by atoms with Crippen LogP contribution in [0.5, 0.6) is 0 Å². The molecule has 5 heteroatoms. The van der Waals surface area contributed by atoms with Crippen LogP contribution in [0.15, 0.2) is 22.9 Å². The number of esters is 1. The fourth-order valence-electron chi connectivity index (χ4n) is 1.15. The van der Waals surface area contributed by atoms with Gasteiger partial charge < -0.3 is 9.15 Å².